The van der Waals surface area contributed by atoms with Crippen LogP contribution < -0.4 is 0 Å². The number of hydrogen-bond donors (Lipinski definition) is 1. The Kier molecular flexibility index (Phi) is 4.43. The summed E-state index contributed by atoms with van der Waals surface area (Å²) in [7, 11) is 0. The van der Waals surface area contributed by atoms with Crippen molar-refractivity contribution in [2.45, 2.75) is 26.8 Å². The molecule has 4 heteroatoms. The van der Waals surface area contributed by atoms with E-state index in [4.69, 9.17) is 0 Å². The maximum atomic E-state index is 11.3. The second-order valence-corrected chi connectivity index (χ2v) is 3.69. The highest BCUT2D eigenvalue weighted by Crippen LogP contribution is 2.22. The number of aryl methyl sites for hydroxylation is 1. The van der Waals surface area contributed by atoms with E-state index in [0.29, 0.717) is 13.1 Å². The Bertz CT molecular complexity index is 362. The largest absolute Gasteiger partial charge is 0.480 e. The monoisotopic (exact) mass is 222 g/mol. The maximum Gasteiger partial charge on any atom is 0.325 e. The number of likely N-dealkylation sites (N-methyl/N-ethyl adjacent to an activating group) is 1. The van der Waals surface area contributed by atoms with E-state index in [9.17, 15) is 9.90 Å². The van der Waals surface area contributed by atoms with Crippen LogP contribution in [0.1, 0.15) is 31.0 Å². The van der Waals surface area contributed by atoms with Crippen LogP contribution >= 0.6 is 0 Å². The molecule has 0 fully saturated rings. The molecule has 16 heavy (non-hydrogen) atoms. The Morgan fingerprint density at radius 1 is 1.50 bits per heavy atom. The van der Waals surface area contributed by atoms with Gasteiger partial charge in [-0.2, -0.15) is 0 Å². The van der Waals surface area contributed by atoms with E-state index in [2.05, 4.69) is 4.98 Å². The predicted octanol–water partition coefficient (Wildman–Crippen LogP) is 1.86. The molecule has 1 aromatic heterocycles. The topological polar surface area (TPSA) is 53.4 Å². The van der Waals surface area contributed by atoms with Gasteiger partial charge in [0, 0.05) is 18.0 Å². The third-order valence-electron chi connectivity index (χ3n) is 2.79. The number of carboxylic acid groups (broad SMARTS) is 1. The number of rotatable bonds is 5. The van der Waals surface area contributed by atoms with Gasteiger partial charge in [-0.05, 0) is 31.6 Å². The van der Waals surface area contributed by atoms with Crippen LogP contribution in [0.5, 0.6) is 0 Å². The molecule has 1 rings (SSSR count). The van der Waals surface area contributed by atoms with E-state index in [1.165, 1.54) is 0 Å². The second kappa shape index (κ2) is 5.61. The summed E-state index contributed by atoms with van der Waals surface area (Å²) in [6.45, 7) is 7.26. The van der Waals surface area contributed by atoms with Crippen molar-refractivity contribution < 1.29 is 9.90 Å². The van der Waals surface area contributed by atoms with Crippen molar-refractivity contribution in [2.75, 3.05) is 13.1 Å². The molecule has 0 aromatic carbocycles. The zero-order valence-corrected chi connectivity index (χ0v) is 9.97. The molecule has 0 saturated heterocycles. The van der Waals surface area contributed by atoms with Gasteiger partial charge in [0.15, 0.2) is 0 Å². The van der Waals surface area contributed by atoms with Gasteiger partial charge in [0.2, 0.25) is 0 Å². The number of hydrogen-bond acceptors (Lipinski definition) is 3. The average Bonchev–Trinajstić information content (AvgIpc) is 2.27. The minimum Gasteiger partial charge on any atom is -0.480 e. The van der Waals surface area contributed by atoms with Crippen LogP contribution in [0.3, 0.4) is 0 Å². The zero-order chi connectivity index (χ0) is 12.1. The molecule has 0 aliphatic rings. The van der Waals surface area contributed by atoms with Gasteiger partial charge in [-0.1, -0.05) is 13.8 Å². The van der Waals surface area contributed by atoms with Gasteiger partial charge in [0.25, 0.3) is 0 Å². The molecule has 0 aliphatic carbocycles. The third kappa shape index (κ3) is 2.58. The van der Waals surface area contributed by atoms with Crippen molar-refractivity contribution >= 4 is 5.97 Å². The molecule has 88 valence electrons. The van der Waals surface area contributed by atoms with Crippen LogP contribution in [-0.4, -0.2) is 34.0 Å². The second-order valence-electron chi connectivity index (χ2n) is 3.69. The summed E-state index contributed by atoms with van der Waals surface area (Å²) in [6.07, 6.45) is 3.33. The normalized spacial score (nSPS) is 12.8. The van der Waals surface area contributed by atoms with Crippen LogP contribution in [0.15, 0.2) is 18.5 Å². The Hall–Kier alpha value is -1.42. The van der Waals surface area contributed by atoms with Gasteiger partial charge in [0.1, 0.15) is 6.04 Å². The summed E-state index contributed by atoms with van der Waals surface area (Å²) in [5, 5.41) is 9.31. The number of nitrogens with zero attached hydrogens (tertiary/aromatic N) is 2. The molecular formula is C12H18N2O2. The molecular weight excluding hydrogens is 204 g/mol. The number of aromatic nitrogens is 1. The first-order valence-electron chi connectivity index (χ1n) is 5.49. The molecule has 0 bridgehead atoms. The predicted molar refractivity (Wildman–Crippen MR) is 62.3 cm³/mol. The smallest absolute Gasteiger partial charge is 0.325 e. The molecule has 1 unspecified atom stereocenters. The molecule has 0 aliphatic heterocycles. The molecule has 0 spiro atoms. The molecule has 1 atom stereocenters. The number of pyridine rings is 1. The van der Waals surface area contributed by atoms with E-state index in [-0.39, 0.29) is 0 Å². The van der Waals surface area contributed by atoms with Gasteiger partial charge in [-0.15, -0.1) is 0 Å². The molecule has 1 N–H and O–H groups in total. The van der Waals surface area contributed by atoms with Crippen molar-refractivity contribution in [2.24, 2.45) is 0 Å². The lowest BCUT2D eigenvalue weighted by Gasteiger charge is -2.27. The lowest BCUT2D eigenvalue weighted by molar-refractivity contribution is -0.143. The highest BCUT2D eigenvalue weighted by molar-refractivity contribution is 5.76. The maximum absolute atomic E-state index is 11.3. The van der Waals surface area contributed by atoms with Gasteiger partial charge in [0.05, 0.1) is 0 Å². The van der Waals surface area contributed by atoms with Gasteiger partial charge in [-0.25, -0.2) is 0 Å². The van der Waals surface area contributed by atoms with Gasteiger partial charge < -0.3 is 5.11 Å². The SMILES string of the molecule is CCN(CC)C(C(=O)O)c1cnccc1C. The quantitative estimate of drug-likeness (QED) is 0.826. The highest BCUT2D eigenvalue weighted by Gasteiger charge is 2.26. The Labute approximate surface area is 95.9 Å². The minimum atomic E-state index is -0.820. The van der Waals surface area contributed by atoms with Crippen LogP contribution in [0.2, 0.25) is 0 Å². The Morgan fingerprint density at radius 3 is 2.56 bits per heavy atom. The first-order valence-corrected chi connectivity index (χ1v) is 5.49. The van der Waals surface area contributed by atoms with E-state index in [1.54, 1.807) is 12.4 Å². The van der Waals surface area contributed by atoms with Crippen LogP contribution in [0.25, 0.3) is 0 Å². The standard InChI is InChI=1S/C12H18N2O2/c1-4-14(5-2)11(12(15)16)10-8-13-7-6-9(10)3/h6-8,11H,4-5H2,1-3H3,(H,15,16). The summed E-state index contributed by atoms with van der Waals surface area (Å²) >= 11 is 0. The van der Waals surface area contributed by atoms with E-state index in [1.807, 2.05) is 31.7 Å². The summed E-state index contributed by atoms with van der Waals surface area (Å²) in [4.78, 5) is 17.3. The number of carbonyl (C=O) groups is 1. The van der Waals surface area contributed by atoms with Gasteiger partial charge in [-0.3, -0.25) is 14.7 Å². The zero-order valence-electron chi connectivity index (χ0n) is 9.97. The fourth-order valence-electron chi connectivity index (χ4n) is 1.84. The number of aliphatic carboxylic acids is 1. The summed E-state index contributed by atoms with van der Waals surface area (Å²) in [5.41, 5.74) is 1.74. The number of carboxylic acids is 1. The highest BCUT2D eigenvalue weighted by atomic mass is 16.4. The van der Waals surface area contributed by atoms with Crippen molar-refractivity contribution in [1.82, 2.24) is 9.88 Å². The average molecular weight is 222 g/mol. The summed E-state index contributed by atoms with van der Waals surface area (Å²) in [5.74, 6) is -0.820. The van der Waals surface area contributed by atoms with E-state index < -0.39 is 12.0 Å². The fourth-order valence-corrected chi connectivity index (χ4v) is 1.84. The lowest BCUT2D eigenvalue weighted by Crippen LogP contribution is -2.34. The first kappa shape index (κ1) is 12.6. The van der Waals surface area contributed by atoms with Crippen molar-refractivity contribution in [3.63, 3.8) is 0 Å². The van der Waals surface area contributed by atoms with Crippen molar-refractivity contribution in [1.29, 1.82) is 0 Å². The molecule has 4 nitrogen and oxygen atoms in total. The molecule has 0 saturated carbocycles. The Morgan fingerprint density at radius 2 is 2.12 bits per heavy atom. The third-order valence-corrected chi connectivity index (χ3v) is 2.79. The Balaban J connectivity index is 3.12. The molecule has 0 radical (unpaired) electrons. The summed E-state index contributed by atoms with van der Waals surface area (Å²) in [6, 6.07) is 1.25. The van der Waals surface area contributed by atoms with Crippen LogP contribution in [0, 0.1) is 6.92 Å². The van der Waals surface area contributed by atoms with E-state index in [0.717, 1.165) is 11.1 Å². The van der Waals surface area contributed by atoms with Crippen molar-refractivity contribution in [3.05, 3.63) is 29.6 Å². The molecule has 0 amide bonds. The fraction of sp³-hybridized carbons (Fsp3) is 0.500. The molecule has 1 aromatic rings. The first-order chi connectivity index (χ1) is 7.61. The summed E-state index contributed by atoms with van der Waals surface area (Å²) < 4.78 is 0. The lowest BCUT2D eigenvalue weighted by atomic mass is 10.0. The van der Waals surface area contributed by atoms with Gasteiger partial charge >= 0.3 is 5.97 Å². The van der Waals surface area contributed by atoms with E-state index >= 15 is 0 Å². The van der Waals surface area contributed by atoms with Crippen molar-refractivity contribution in [3.8, 4) is 0 Å². The van der Waals surface area contributed by atoms with Crippen LogP contribution in [-0.2, 0) is 4.79 Å². The molecule has 1 heterocycles. The minimum absolute atomic E-state index is 0.594. The van der Waals surface area contributed by atoms with Crippen LogP contribution in [0.4, 0.5) is 0 Å².